The van der Waals surface area contributed by atoms with Crippen molar-refractivity contribution < 1.29 is 4.42 Å². The summed E-state index contributed by atoms with van der Waals surface area (Å²) >= 11 is 0. The van der Waals surface area contributed by atoms with Crippen molar-refractivity contribution in [1.82, 2.24) is 4.57 Å². The van der Waals surface area contributed by atoms with Crippen molar-refractivity contribution in [3.63, 3.8) is 0 Å². The Morgan fingerprint density at radius 2 is 0.833 bits per heavy atom. The van der Waals surface area contributed by atoms with Crippen LogP contribution in [0.1, 0.15) is 0 Å². The van der Waals surface area contributed by atoms with E-state index in [-0.39, 0.29) is 0 Å². The first-order valence-corrected chi connectivity index (χ1v) is 24.6. The summed E-state index contributed by atoms with van der Waals surface area (Å²) in [7, 11) is 0. The van der Waals surface area contributed by atoms with Crippen molar-refractivity contribution in [2.24, 2.45) is 0 Å². The van der Waals surface area contributed by atoms with Gasteiger partial charge in [-0.3, -0.25) is 0 Å². The average Bonchev–Trinajstić information content (AvgIpc) is 4.00. The lowest BCUT2D eigenvalue weighted by atomic mass is 9.93. The van der Waals surface area contributed by atoms with Crippen molar-refractivity contribution >= 4 is 99.4 Å². The third-order valence-corrected chi connectivity index (χ3v) is 14.3. The molecule has 0 aliphatic heterocycles. The molecule has 0 saturated carbocycles. The van der Waals surface area contributed by atoms with E-state index in [1.165, 1.54) is 37.8 Å². The molecule has 0 radical (unpaired) electrons. The minimum absolute atomic E-state index is 0.822. The molecule has 72 heavy (non-hydrogen) atoms. The highest BCUT2D eigenvalue weighted by Gasteiger charge is 2.26. The molecule has 0 atom stereocenters. The zero-order valence-corrected chi connectivity index (χ0v) is 39.2. The minimum atomic E-state index is 0.822. The van der Waals surface area contributed by atoms with Crippen LogP contribution in [0.3, 0.4) is 0 Å². The summed E-state index contributed by atoms with van der Waals surface area (Å²) in [4.78, 5) is 4.76. The first-order valence-electron chi connectivity index (χ1n) is 24.6. The van der Waals surface area contributed by atoms with Crippen LogP contribution in [0.15, 0.2) is 277 Å². The quantitative estimate of drug-likeness (QED) is 0.144. The molecule has 2 aromatic heterocycles. The highest BCUT2D eigenvalue weighted by Crippen LogP contribution is 2.50. The Morgan fingerprint density at radius 3 is 1.50 bits per heavy atom. The summed E-state index contributed by atoms with van der Waals surface area (Å²) in [5.41, 5.74) is 15.7. The molecule has 4 heteroatoms. The highest BCUT2D eigenvalue weighted by atomic mass is 16.3. The normalized spacial score (nSPS) is 11.6. The van der Waals surface area contributed by atoms with Crippen molar-refractivity contribution in [2.75, 3.05) is 9.80 Å². The van der Waals surface area contributed by atoms with E-state index in [0.29, 0.717) is 0 Å². The van der Waals surface area contributed by atoms with Crippen molar-refractivity contribution in [2.45, 2.75) is 0 Å². The summed E-state index contributed by atoms with van der Waals surface area (Å²) in [5.74, 6) is 0. The van der Waals surface area contributed by atoms with Crippen LogP contribution in [0.5, 0.6) is 0 Å². The molecule has 338 valence electrons. The maximum absolute atomic E-state index is 7.06. The Balaban J connectivity index is 1.10. The lowest BCUT2D eigenvalue weighted by Crippen LogP contribution is -2.14. The number of fused-ring (bicyclic) bond motifs is 9. The largest absolute Gasteiger partial charge is 0.454 e. The lowest BCUT2D eigenvalue weighted by molar-refractivity contribution is 0.669. The van der Waals surface area contributed by atoms with E-state index in [4.69, 9.17) is 4.42 Å². The maximum Gasteiger partial charge on any atom is 0.160 e. The average molecular weight is 920 g/mol. The van der Waals surface area contributed by atoms with Gasteiger partial charge in [0.05, 0.1) is 16.7 Å². The Hall–Kier alpha value is -9.64. The molecule has 0 unspecified atom stereocenters. The van der Waals surface area contributed by atoms with Gasteiger partial charge in [-0.05, 0) is 141 Å². The number of rotatable bonds is 9. The molecule has 14 aromatic rings. The summed E-state index contributed by atoms with van der Waals surface area (Å²) < 4.78 is 9.52. The number of furan rings is 1. The van der Waals surface area contributed by atoms with Crippen LogP contribution in [-0.2, 0) is 0 Å². The summed E-state index contributed by atoms with van der Waals surface area (Å²) in [6.45, 7) is 0. The lowest BCUT2D eigenvalue weighted by Gasteiger charge is -2.30. The molecule has 0 saturated heterocycles. The van der Waals surface area contributed by atoms with Gasteiger partial charge in [0.2, 0.25) is 0 Å². The van der Waals surface area contributed by atoms with E-state index in [9.17, 15) is 0 Å². The number of hydrogen-bond donors (Lipinski definition) is 0. The van der Waals surface area contributed by atoms with Gasteiger partial charge in [-0.2, -0.15) is 0 Å². The highest BCUT2D eigenvalue weighted by molar-refractivity contribution is 6.26. The molecular formula is C68H45N3O. The molecule has 0 amide bonds. The number of anilines is 6. The van der Waals surface area contributed by atoms with Crippen molar-refractivity contribution in [3.05, 3.63) is 273 Å². The van der Waals surface area contributed by atoms with Gasteiger partial charge >= 0.3 is 0 Å². The third-order valence-electron chi connectivity index (χ3n) is 14.3. The van der Waals surface area contributed by atoms with Gasteiger partial charge in [0.1, 0.15) is 5.58 Å². The van der Waals surface area contributed by atoms with Crippen LogP contribution in [0, 0.1) is 0 Å². The number of para-hydroxylation sites is 5. The van der Waals surface area contributed by atoms with Crippen LogP contribution in [-0.4, -0.2) is 4.57 Å². The molecule has 0 N–H and O–H groups in total. The zero-order chi connectivity index (χ0) is 47.5. The summed E-state index contributed by atoms with van der Waals surface area (Å²) in [5, 5.41) is 9.45. The smallest absolute Gasteiger partial charge is 0.160 e. The van der Waals surface area contributed by atoms with E-state index in [0.717, 1.165) is 89.5 Å². The number of aromatic nitrogens is 1. The fourth-order valence-corrected chi connectivity index (χ4v) is 11.1. The molecule has 0 spiro atoms. The van der Waals surface area contributed by atoms with Crippen LogP contribution in [0.4, 0.5) is 34.1 Å². The van der Waals surface area contributed by atoms with E-state index < -0.39 is 0 Å². The standard InChI is InChI=1S/C68H45N3O/c1-6-22-46(23-7-1)56-38-39-62(68-67(56)59-36-20-21-37-65(59)72-68)70(52-30-12-4-13-31-52)55-41-49(40-54(44-55)69(50-26-8-2-9-27-50)51-28-10-3-11-29-51)60-45-64-66(58-35-19-18-34-57(58)60)61-42-47-24-16-17-25-48(47)43-63(61)71(64)53-32-14-5-15-33-53/h1-45H. The van der Waals surface area contributed by atoms with Gasteiger partial charge in [-0.25, -0.2) is 0 Å². The number of benzene rings is 12. The number of hydrogen-bond acceptors (Lipinski definition) is 3. The van der Waals surface area contributed by atoms with Gasteiger partial charge in [-0.1, -0.05) is 176 Å². The zero-order valence-electron chi connectivity index (χ0n) is 39.2. The van der Waals surface area contributed by atoms with E-state index >= 15 is 0 Å². The fourth-order valence-electron chi connectivity index (χ4n) is 11.1. The molecule has 14 rings (SSSR count). The van der Waals surface area contributed by atoms with Gasteiger partial charge in [0.15, 0.2) is 5.58 Å². The second-order valence-electron chi connectivity index (χ2n) is 18.5. The van der Waals surface area contributed by atoms with Crippen molar-refractivity contribution in [3.8, 4) is 27.9 Å². The molecule has 2 heterocycles. The Bertz CT molecular complexity index is 4280. The van der Waals surface area contributed by atoms with Gasteiger partial charge in [-0.15, -0.1) is 0 Å². The summed E-state index contributed by atoms with van der Waals surface area (Å²) in [6.07, 6.45) is 0. The molecule has 0 fully saturated rings. The summed E-state index contributed by atoms with van der Waals surface area (Å²) in [6, 6.07) is 98.4. The van der Waals surface area contributed by atoms with E-state index in [1.807, 2.05) is 0 Å². The molecule has 0 aliphatic rings. The van der Waals surface area contributed by atoms with Gasteiger partial charge in [0.25, 0.3) is 0 Å². The fraction of sp³-hybridized carbons (Fsp3) is 0. The second kappa shape index (κ2) is 17.1. The van der Waals surface area contributed by atoms with Crippen LogP contribution in [0.2, 0.25) is 0 Å². The first-order chi connectivity index (χ1) is 35.7. The predicted molar refractivity (Wildman–Crippen MR) is 303 cm³/mol. The second-order valence-corrected chi connectivity index (χ2v) is 18.5. The topological polar surface area (TPSA) is 24.6 Å². The van der Waals surface area contributed by atoms with Crippen molar-refractivity contribution in [1.29, 1.82) is 0 Å². The SMILES string of the molecule is c1ccc(-c2ccc(N(c3ccccc3)c3cc(-c4cc5c(c6ccccc46)c4cc6ccccc6cc4n5-c4ccccc4)cc(N(c4ccccc4)c4ccccc4)c3)c3oc4ccccc4c23)cc1. The monoisotopic (exact) mass is 919 g/mol. The predicted octanol–water partition coefficient (Wildman–Crippen LogP) is 19.3. The Morgan fingerprint density at radius 1 is 0.306 bits per heavy atom. The minimum Gasteiger partial charge on any atom is -0.454 e. The first kappa shape index (κ1) is 41.3. The van der Waals surface area contributed by atoms with Gasteiger partial charge in [0, 0.05) is 55.7 Å². The Labute approximate surface area is 417 Å². The van der Waals surface area contributed by atoms with Crippen LogP contribution < -0.4 is 9.80 Å². The van der Waals surface area contributed by atoms with E-state index in [2.05, 4.69) is 287 Å². The molecule has 4 nitrogen and oxygen atoms in total. The maximum atomic E-state index is 7.06. The van der Waals surface area contributed by atoms with E-state index in [1.54, 1.807) is 0 Å². The van der Waals surface area contributed by atoms with Gasteiger partial charge < -0.3 is 18.8 Å². The number of nitrogens with zero attached hydrogens (tertiary/aromatic N) is 3. The Kier molecular flexibility index (Phi) is 9.82. The molecule has 0 aliphatic carbocycles. The van der Waals surface area contributed by atoms with Crippen LogP contribution >= 0.6 is 0 Å². The molecular weight excluding hydrogens is 875 g/mol. The third kappa shape index (κ3) is 6.84. The van der Waals surface area contributed by atoms with Crippen LogP contribution in [0.25, 0.3) is 93.2 Å². The molecule has 0 bridgehead atoms. The molecule has 12 aromatic carbocycles.